The summed E-state index contributed by atoms with van der Waals surface area (Å²) in [5.41, 5.74) is 0.835. The standard InChI is InChI=1S/C29H22F6N4O4S/c1-17-37-25(28(30,31)32)15-39(17)24-12-9-20(19-5-4-6-22(13-19)44(40,41)38(2)3)14-23(24)27-26(36-16-42-27)18-7-10-21(11-8-18)43-29(33,34)35/h4-16H,1-3H3. The van der Waals surface area contributed by atoms with Crippen molar-refractivity contribution in [3.8, 4) is 45.1 Å². The first kappa shape index (κ1) is 30.8. The number of hydrogen-bond donors (Lipinski definition) is 0. The molecule has 15 heteroatoms. The minimum Gasteiger partial charge on any atom is -0.443 e. The number of hydrogen-bond acceptors (Lipinski definition) is 6. The molecule has 2 heterocycles. The molecular weight excluding hydrogens is 614 g/mol. The Labute approximate surface area is 247 Å². The van der Waals surface area contributed by atoms with Crippen molar-refractivity contribution in [3.63, 3.8) is 0 Å². The lowest BCUT2D eigenvalue weighted by molar-refractivity contribution is -0.274. The van der Waals surface area contributed by atoms with Gasteiger partial charge in [0.15, 0.2) is 17.8 Å². The molecule has 0 aliphatic rings. The van der Waals surface area contributed by atoms with Gasteiger partial charge < -0.3 is 13.7 Å². The zero-order valence-corrected chi connectivity index (χ0v) is 23.9. The smallest absolute Gasteiger partial charge is 0.443 e. The average molecular weight is 637 g/mol. The van der Waals surface area contributed by atoms with Crippen LogP contribution in [0.15, 0.2) is 88.6 Å². The highest BCUT2D eigenvalue weighted by molar-refractivity contribution is 7.89. The van der Waals surface area contributed by atoms with Crippen LogP contribution in [0.2, 0.25) is 0 Å². The normalized spacial score (nSPS) is 12.6. The van der Waals surface area contributed by atoms with E-state index in [1.165, 1.54) is 55.9 Å². The van der Waals surface area contributed by atoms with Gasteiger partial charge in [-0.05, 0) is 66.6 Å². The van der Waals surface area contributed by atoms with Crippen LogP contribution in [0.3, 0.4) is 0 Å². The third kappa shape index (κ3) is 6.19. The van der Waals surface area contributed by atoms with Gasteiger partial charge in [0, 0.05) is 31.4 Å². The molecule has 5 aromatic rings. The van der Waals surface area contributed by atoms with Crippen LogP contribution < -0.4 is 4.74 Å². The van der Waals surface area contributed by atoms with Crippen LogP contribution in [-0.2, 0) is 16.2 Å². The zero-order valence-electron chi connectivity index (χ0n) is 23.1. The second kappa shape index (κ2) is 11.1. The van der Waals surface area contributed by atoms with Gasteiger partial charge in [0.2, 0.25) is 10.0 Å². The molecule has 0 saturated carbocycles. The summed E-state index contributed by atoms with van der Waals surface area (Å²) in [6.45, 7) is 1.39. The van der Waals surface area contributed by atoms with Crippen molar-refractivity contribution in [2.24, 2.45) is 0 Å². The fourth-order valence-corrected chi connectivity index (χ4v) is 5.41. The lowest BCUT2D eigenvalue weighted by Gasteiger charge is -2.15. The lowest BCUT2D eigenvalue weighted by atomic mass is 9.98. The van der Waals surface area contributed by atoms with Crippen LogP contribution in [-0.4, -0.2) is 47.7 Å². The maximum absolute atomic E-state index is 13.5. The summed E-state index contributed by atoms with van der Waals surface area (Å²) < 4.78 is 116. The summed E-state index contributed by atoms with van der Waals surface area (Å²) in [5, 5.41) is 0. The first-order chi connectivity index (χ1) is 20.5. The molecule has 0 amide bonds. The van der Waals surface area contributed by atoms with Gasteiger partial charge in [0.1, 0.15) is 17.3 Å². The summed E-state index contributed by atoms with van der Waals surface area (Å²) in [6, 6.07) is 15.7. The largest absolute Gasteiger partial charge is 0.573 e. The van der Waals surface area contributed by atoms with E-state index >= 15 is 0 Å². The van der Waals surface area contributed by atoms with E-state index in [4.69, 9.17) is 4.42 Å². The van der Waals surface area contributed by atoms with E-state index in [1.807, 2.05) is 0 Å². The SMILES string of the molecule is Cc1nc(C(F)(F)F)cn1-c1ccc(-c2cccc(S(=O)(=O)N(C)C)c2)cc1-c1ocnc1-c1ccc(OC(F)(F)F)cc1. The number of oxazole rings is 1. The van der Waals surface area contributed by atoms with Crippen molar-refractivity contribution in [1.82, 2.24) is 18.8 Å². The van der Waals surface area contributed by atoms with Crippen molar-refractivity contribution in [1.29, 1.82) is 0 Å². The number of halogens is 6. The van der Waals surface area contributed by atoms with E-state index < -0.39 is 34.0 Å². The number of aryl methyl sites for hydroxylation is 1. The lowest BCUT2D eigenvalue weighted by Crippen LogP contribution is -2.22. The quantitative estimate of drug-likeness (QED) is 0.174. The number of ether oxygens (including phenoxy) is 1. The Morgan fingerprint density at radius 2 is 1.55 bits per heavy atom. The van der Waals surface area contributed by atoms with Crippen LogP contribution in [0.25, 0.3) is 39.4 Å². The van der Waals surface area contributed by atoms with E-state index in [2.05, 4.69) is 14.7 Å². The van der Waals surface area contributed by atoms with Crippen LogP contribution in [0.4, 0.5) is 26.3 Å². The molecule has 0 aliphatic heterocycles. The molecular formula is C29H22F6N4O4S. The summed E-state index contributed by atoms with van der Waals surface area (Å²) >= 11 is 0. The minimum atomic E-state index is -4.89. The first-order valence-electron chi connectivity index (χ1n) is 12.7. The van der Waals surface area contributed by atoms with Crippen molar-refractivity contribution in [2.75, 3.05) is 14.1 Å². The summed E-state index contributed by atoms with van der Waals surface area (Å²) in [7, 11) is -0.994. The van der Waals surface area contributed by atoms with Gasteiger partial charge in [0.25, 0.3) is 0 Å². The Morgan fingerprint density at radius 1 is 0.886 bits per heavy atom. The highest BCUT2D eigenvalue weighted by Crippen LogP contribution is 2.40. The Morgan fingerprint density at radius 3 is 2.16 bits per heavy atom. The topological polar surface area (TPSA) is 90.5 Å². The third-order valence-corrected chi connectivity index (χ3v) is 8.36. The number of aromatic nitrogens is 3. The second-order valence-corrected chi connectivity index (χ2v) is 11.8. The minimum absolute atomic E-state index is 0.0140. The molecule has 8 nitrogen and oxygen atoms in total. The molecule has 44 heavy (non-hydrogen) atoms. The van der Waals surface area contributed by atoms with Gasteiger partial charge in [0.05, 0.1) is 10.6 Å². The zero-order chi connectivity index (χ0) is 32.0. The predicted molar refractivity (Wildman–Crippen MR) is 147 cm³/mol. The molecule has 0 N–H and O–H groups in total. The number of imidazole rings is 1. The first-order valence-corrected chi connectivity index (χ1v) is 14.1. The van der Waals surface area contributed by atoms with Crippen molar-refractivity contribution < 1.29 is 43.9 Å². The second-order valence-electron chi connectivity index (χ2n) is 9.69. The van der Waals surface area contributed by atoms with E-state index in [9.17, 15) is 34.8 Å². The summed E-state index contributed by atoms with van der Waals surface area (Å²) in [6.07, 6.45) is -7.69. The van der Waals surface area contributed by atoms with E-state index in [0.717, 1.165) is 29.0 Å². The Balaban J connectivity index is 1.68. The van der Waals surface area contributed by atoms with Crippen LogP contribution >= 0.6 is 0 Å². The number of benzene rings is 3. The van der Waals surface area contributed by atoms with Gasteiger partial charge in [-0.15, -0.1) is 13.2 Å². The van der Waals surface area contributed by atoms with Crippen LogP contribution in [0.1, 0.15) is 11.5 Å². The van der Waals surface area contributed by atoms with E-state index in [1.54, 1.807) is 24.3 Å². The Hall–Kier alpha value is -4.63. The number of alkyl halides is 6. The monoisotopic (exact) mass is 636 g/mol. The van der Waals surface area contributed by atoms with E-state index in [-0.39, 0.29) is 33.4 Å². The molecule has 0 saturated heterocycles. The van der Waals surface area contributed by atoms with Crippen molar-refractivity contribution >= 4 is 10.0 Å². The molecule has 0 atom stereocenters. The molecule has 5 rings (SSSR count). The number of nitrogens with zero attached hydrogens (tertiary/aromatic N) is 4. The molecule has 0 fully saturated rings. The maximum atomic E-state index is 13.5. The number of rotatable bonds is 7. The van der Waals surface area contributed by atoms with Gasteiger partial charge in [-0.3, -0.25) is 0 Å². The van der Waals surface area contributed by atoms with Crippen LogP contribution in [0, 0.1) is 6.92 Å². The molecule has 0 bridgehead atoms. The van der Waals surface area contributed by atoms with E-state index in [0.29, 0.717) is 16.7 Å². The van der Waals surface area contributed by atoms with Gasteiger partial charge in [-0.1, -0.05) is 18.2 Å². The fourth-order valence-electron chi connectivity index (χ4n) is 4.47. The molecule has 3 aromatic carbocycles. The molecule has 0 unspecified atom stereocenters. The van der Waals surface area contributed by atoms with Gasteiger partial charge in [-0.2, -0.15) is 13.2 Å². The predicted octanol–water partition coefficient (Wildman–Crippen LogP) is 7.34. The molecule has 0 radical (unpaired) electrons. The summed E-state index contributed by atoms with van der Waals surface area (Å²) in [4.78, 5) is 7.89. The molecule has 0 spiro atoms. The van der Waals surface area contributed by atoms with Crippen LogP contribution in [0.5, 0.6) is 5.75 Å². The van der Waals surface area contributed by atoms with Crippen molar-refractivity contribution in [2.45, 2.75) is 24.4 Å². The Kier molecular flexibility index (Phi) is 7.80. The molecule has 0 aliphatic carbocycles. The maximum Gasteiger partial charge on any atom is 0.573 e. The van der Waals surface area contributed by atoms with Crippen molar-refractivity contribution in [3.05, 3.63) is 90.8 Å². The third-order valence-electron chi connectivity index (χ3n) is 6.55. The van der Waals surface area contributed by atoms with Gasteiger partial charge >= 0.3 is 12.5 Å². The highest BCUT2D eigenvalue weighted by atomic mass is 32.2. The average Bonchev–Trinajstić information content (AvgIpc) is 3.59. The molecule has 230 valence electrons. The van der Waals surface area contributed by atoms with Gasteiger partial charge in [-0.25, -0.2) is 22.7 Å². The number of sulfonamides is 1. The molecule has 2 aromatic heterocycles. The highest BCUT2D eigenvalue weighted by Gasteiger charge is 2.35. The summed E-state index contributed by atoms with van der Waals surface area (Å²) in [5.74, 6) is -0.361. The Bertz CT molecular complexity index is 1930. The fraction of sp³-hybridized carbons (Fsp3) is 0.172.